The Morgan fingerprint density at radius 1 is 1.04 bits per heavy atom. The van der Waals surface area contributed by atoms with Gasteiger partial charge in [0.1, 0.15) is 10.8 Å². The molecule has 120 valence electrons. The van der Waals surface area contributed by atoms with Crippen LogP contribution in [0.25, 0.3) is 0 Å². The van der Waals surface area contributed by atoms with Gasteiger partial charge in [-0.2, -0.15) is 0 Å². The van der Waals surface area contributed by atoms with E-state index < -0.39 is 33.2 Å². The van der Waals surface area contributed by atoms with Crippen molar-refractivity contribution in [1.82, 2.24) is 4.98 Å². The van der Waals surface area contributed by atoms with Crippen LogP contribution in [0.5, 0.6) is 0 Å². The predicted octanol–water partition coefficient (Wildman–Crippen LogP) is 1.70. The van der Waals surface area contributed by atoms with Crippen molar-refractivity contribution in [2.45, 2.75) is 9.92 Å². The first-order valence-corrected chi connectivity index (χ1v) is 7.58. The minimum atomic E-state index is -3.99. The van der Waals surface area contributed by atoms with Crippen molar-refractivity contribution < 1.29 is 32.6 Å². The molecule has 0 aliphatic rings. The van der Waals surface area contributed by atoms with Gasteiger partial charge in [-0.1, -0.05) is 0 Å². The van der Waals surface area contributed by atoms with E-state index in [2.05, 4.69) is 4.98 Å². The summed E-state index contributed by atoms with van der Waals surface area (Å²) in [6, 6.07) is 6.35. The molecular weight excluding hydrogens is 329 g/mol. The predicted molar refractivity (Wildman–Crippen MR) is 75.3 cm³/mol. The van der Waals surface area contributed by atoms with Crippen LogP contribution in [-0.2, 0) is 14.6 Å². The second-order valence-corrected chi connectivity index (χ2v) is 6.31. The number of carbonyl (C=O) groups is 2. The Labute approximate surface area is 129 Å². The van der Waals surface area contributed by atoms with Crippen LogP contribution in [0.3, 0.4) is 0 Å². The number of allylic oxidation sites excluding steroid dienone is 1. The molecule has 0 spiro atoms. The molecule has 0 radical (unpaired) electrons. The molecular formula is C14H10FNO6S. The number of sulfone groups is 1. The lowest BCUT2D eigenvalue weighted by atomic mass is 10.2. The number of aromatic nitrogens is 1. The molecule has 2 aromatic rings. The van der Waals surface area contributed by atoms with Crippen molar-refractivity contribution in [2.75, 3.05) is 0 Å². The van der Waals surface area contributed by atoms with Crippen molar-refractivity contribution in [3.8, 4) is 0 Å². The molecule has 0 saturated carbocycles. The summed E-state index contributed by atoms with van der Waals surface area (Å²) in [5.74, 6) is -4.37. The Morgan fingerprint density at radius 3 is 2.22 bits per heavy atom. The maximum absolute atomic E-state index is 12.8. The Hall–Kier alpha value is -2.94. The van der Waals surface area contributed by atoms with Gasteiger partial charge in [-0.3, -0.25) is 4.79 Å². The molecule has 0 saturated heterocycles. The molecule has 9 heteroatoms. The average molecular weight is 339 g/mol. The molecule has 0 bridgehead atoms. The van der Waals surface area contributed by atoms with Crippen molar-refractivity contribution in [3.63, 3.8) is 0 Å². The first kappa shape index (κ1) is 16.4. The highest BCUT2D eigenvalue weighted by Crippen LogP contribution is 2.20. The zero-order valence-corrected chi connectivity index (χ0v) is 12.2. The fourth-order valence-electron chi connectivity index (χ4n) is 1.68. The zero-order valence-electron chi connectivity index (χ0n) is 11.4. The monoisotopic (exact) mass is 339 g/mol. The summed E-state index contributed by atoms with van der Waals surface area (Å²) in [5.41, 5.74) is -0.224. The van der Waals surface area contributed by atoms with Gasteiger partial charge >= 0.3 is 5.97 Å². The molecule has 0 atom stereocenters. The number of aliphatic carboxylic acids is 1. The Bertz CT molecular complexity index is 896. The molecule has 3 N–H and O–H groups in total. The molecule has 1 aromatic heterocycles. The molecule has 0 aliphatic heterocycles. The highest BCUT2D eigenvalue weighted by molar-refractivity contribution is 7.91. The smallest absolute Gasteiger partial charge is 0.371 e. The molecule has 0 aliphatic carbocycles. The number of hydrogen-bond donors (Lipinski definition) is 3. The number of aromatic amines is 1. The summed E-state index contributed by atoms with van der Waals surface area (Å²) in [7, 11) is -3.99. The van der Waals surface area contributed by atoms with E-state index in [0.717, 1.165) is 36.4 Å². The maximum Gasteiger partial charge on any atom is 0.371 e. The van der Waals surface area contributed by atoms with E-state index in [1.807, 2.05) is 0 Å². The third-order valence-corrected chi connectivity index (χ3v) is 4.54. The number of carbonyl (C=O) groups excluding carboxylic acids is 1. The van der Waals surface area contributed by atoms with E-state index in [9.17, 15) is 22.4 Å². The Morgan fingerprint density at radius 2 is 1.65 bits per heavy atom. The fraction of sp³-hybridized carbons (Fsp3) is 0. The summed E-state index contributed by atoms with van der Waals surface area (Å²) >= 11 is 0. The first-order chi connectivity index (χ1) is 10.7. The average Bonchev–Trinajstić information content (AvgIpc) is 2.98. The van der Waals surface area contributed by atoms with Gasteiger partial charge < -0.3 is 15.2 Å². The van der Waals surface area contributed by atoms with E-state index in [0.29, 0.717) is 6.08 Å². The number of aliphatic hydroxyl groups is 1. The first-order valence-electron chi connectivity index (χ1n) is 6.10. The molecule has 23 heavy (non-hydrogen) atoms. The highest BCUT2D eigenvalue weighted by Gasteiger charge is 2.21. The second-order valence-electron chi connectivity index (χ2n) is 4.39. The lowest BCUT2D eigenvalue weighted by molar-refractivity contribution is -0.135. The topological polar surface area (TPSA) is 125 Å². The quantitative estimate of drug-likeness (QED) is 0.329. The van der Waals surface area contributed by atoms with Crippen molar-refractivity contribution in [2.24, 2.45) is 0 Å². The van der Waals surface area contributed by atoms with Crippen LogP contribution >= 0.6 is 0 Å². The number of ketones is 1. The SMILES string of the molecule is O=C(O)C(O)=CC(=O)c1ccc(S(=O)(=O)c2ccc(F)cc2)[nH]1. The van der Waals surface area contributed by atoms with E-state index in [1.54, 1.807) is 0 Å². The van der Waals surface area contributed by atoms with E-state index in [4.69, 9.17) is 10.2 Å². The van der Waals surface area contributed by atoms with Gasteiger partial charge in [0.25, 0.3) is 0 Å². The van der Waals surface area contributed by atoms with Crippen LogP contribution in [0.1, 0.15) is 10.5 Å². The highest BCUT2D eigenvalue weighted by atomic mass is 32.2. The van der Waals surface area contributed by atoms with Crippen molar-refractivity contribution in [3.05, 3.63) is 59.7 Å². The van der Waals surface area contributed by atoms with E-state index in [1.165, 1.54) is 0 Å². The number of nitrogens with one attached hydrogen (secondary N) is 1. The van der Waals surface area contributed by atoms with E-state index in [-0.39, 0.29) is 15.6 Å². The van der Waals surface area contributed by atoms with Gasteiger partial charge in [0.05, 0.1) is 10.6 Å². The number of rotatable bonds is 5. The lowest BCUT2D eigenvalue weighted by Gasteiger charge is -2.02. The van der Waals surface area contributed by atoms with Gasteiger partial charge in [0.2, 0.25) is 21.4 Å². The third kappa shape index (κ3) is 3.46. The molecule has 7 nitrogen and oxygen atoms in total. The lowest BCUT2D eigenvalue weighted by Crippen LogP contribution is -2.06. The van der Waals surface area contributed by atoms with E-state index >= 15 is 0 Å². The summed E-state index contributed by atoms with van der Waals surface area (Å²) in [5, 5.41) is 17.2. The third-order valence-electron chi connectivity index (χ3n) is 2.83. The number of halogens is 1. The van der Waals surface area contributed by atoms with Crippen LogP contribution in [-0.4, -0.2) is 35.4 Å². The number of hydrogen-bond acceptors (Lipinski definition) is 5. The normalized spacial score (nSPS) is 12.1. The van der Waals surface area contributed by atoms with Crippen LogP contribution in [0.4, 0.5) is 4.39 Å². The largest absolute Gasteiger partial charge is 0.502 e. The molecule has 2 rings (SSSR count). The summed E-state index contributed by atoms with van der Waals surface area (Å²) in [4.78, 5) is 24.3. The minimum Gasteiger partial charge on any atom is -0.502 e. The zero-order chi connectivity index (χ0) is 17.2. The molecule has 0 fully saturated rings. The Balaban J connectivity index is 2.35. The van der Waals surface area contributed by atoms with Crippen LogP contribution in [0.15, 0.2) is 58.2 Å². The number of benzene rings is 1. The van der Waals surface area contributed by atoms with Crippen LogP contribution < -0.4 is 0 Å². The standard InChI is InChI=1S/C14H10FNO6S/c15-8-1-3-9(4-2-8)23(21,22)13-6-5-10(16-13)11(17)7-12(18)14(19)20/h1-7,16,18H,(H,19,20). The van der Waals surface area contributed by atoms with Crippen LogP contribution in [0, 0.1) is 5.82 Å². The minimum absolute atomic E-state index is 0.177. The van der Waals surface area contributed by atoms with Gasteiger partial charge in [-0.25, -0.2) is 17.6 Å². The molecule has 1 heterocycles. The number of aliphatic hydroxyl groups excluding tert-OH is 1. The van der Waals surface area contributed by atoms with Crippen molar-refractivity contribution in [1.29, 1.82) is 0 Å². The summed E-state index contributed by atoms with van der Waals surface area (Å²) in [6.45, 7) is 0. The van der Waals surface area contributed by atoms with Gasteiger partial charge in [0, 0.05) is 6.08 Å². The van der Waals surface area contributed by atoms with Gasteiger partial charge in [-0.15, -0.1) is 0 Å². The van der Waals surface area contributed by atoms with Crippen molar-refractivity contribution >= 4 is 21.6 Å². The summed E-state index contributed by atoms with van der Waals surface area (Å²) in [6.07, 6.45) is 0.447. The number of H-pyrrole nitrogens is 1. The molecule has 0 unspecified atom stereocenters. The number of carboxylic acids is 1. The second kappa shape index (κ2) is 6.05. The van der Waals surface area contributed by atoms with Gasteiger partial charge in [-0.05, 0) is 36.4 Å². The number of carboxylic acid groups (broad SMARTS) is 1. The molecule has 1 aromatic carbocycles. The summed E-state index contributed by atoms with van der Waals surface area (Å²) < 4.78 is 37.4. The fourth-order valence-corrected chi connectivity index (χ4v) is 2.92. The molecule has 0 amide bonds. The maximum atomic E-state index is 12.8. The van der Waals surface area contributed by atoms with Crippen LogP contribution in [0.2, 0.25) is 0 Å². The van der Waals surface area contributed by atoms with Gasteiger partial charge in [0.15, 0.2) is 0 Å². The Kier molecular flexibility index (Phi) is 4.32.